The van der Waals surface area contributed by atoms with Gasteiger partial charge in [0.15, 0.2) is 0 Å². The Morgan fingerprint density at radius 1 is 1.08 bits per heavy atom. The third-order valence-corrected chi connectivity index (χ3v) is 14.2. The SMILES string of the molecule is CC(C)n1c(O[C@@H]2C[C@H]3C(=O)N[C@]4(C(=O)NS(=O)(=O)N(C)C)C[C@H]4/C=C\CCCCC[C@H](NC(=O)OC(C)(C)C)C(=O)N3C2)nc2c(-c3nc(Cc4ccc(Cl)cc4)cs3)cccc21. The van der Waals surface area contributed by atoms with Crippen molar-refractivity contribution in [1.82, 2.24) is 39.1 Å². The number of rotatable bonds is 10. The number of alkyl carbamates (subject to hydrolysis) is 1. The van der Waals surface area contributed by atoms with Gasteiger partial charge in [0, 0.05) is 54.9 Å². The monoisotopic (exact) mass is 936 g/mol. The van der Waals surface area contributed by atoms with E-state index in [9.17, 15) is 27.6 Å². The molecule has 2 aromatic heterocycles. The lowest BCUT2D eigenvalue weighted by molar-refractivity contribution is -0.141. The van der Waals surface area contributed by atoms with Gasteiger partial charge in [-0.3, -0.25) is 19.0 Å². The molecule has 4 amide bonds. The van der Waals surface area contributed by atoms with Crippen LogP contribution in [0.1, 0.15) is 96.9 Å². The van der Waals surface area contributed by atoms with Gasteiger partial charge in [-0.1, -0.05) is 54.8 Å². The molecule has 19 heteroatoms. The molecule has 344 valence electrons. The van der Waals surface area contributed by atoms with Gasteiger partial charge in [-0.25, -0.2) is 14.5 Å². The summed E-state index contributed by atoms with van der Waals surface area (Å²) in [6, 6.07) is 11.5. The zero-order chi connectivity index (χ0) is 46.1. The maximum Gasteiger partial charge on any atom is 0.408 e. The van der Waals surface area contributed by atoms with Gasteiger partial charge in [0.2, 0.25) is 11.8 Å². The second-order valence-corrected chi connectivity index (χ2v) is 21.4. The molecule has 1 saturated heterocycles. The Kier molecular flexibility index (Phi) is 13.8. The van der Waals surface area contributed by atoms with Crippen LogP contribution < -0.4 is 20.1 Å². The van der Waals surface area contributed by atoms with Crippen LogP contribution in [0.25, 0.3) is 21.6 Å². The highest BCUT2D eigenvalue weighted by atomic mass is 35.5. The highest BCUT2D eigenvalue weighted by Crippen LogP contribution is 2.46. The lowest BCUT2D eigenvalue weighted by Crippen LogP contribution is -2.58. The van der Waals surface area contributed by atoms with E-state index in [0.717, 1.165) is 44.5 Å². The minimum atomic E-state index is -4.19. The number of nitrogens with one attached hydrogen (secondary N) is 3. The number of aromatic nitrogens is 3. The van der Waals surface area contributed by atoms with Crippen LogP contribution in [0.4, 0.5) is 4.79 Å². The summed E-state index contributed by atoms with van der Waals surface area (Å²) < 4.78 is 42.9. The van der Waals surface area contributed by atoms with E-state index in [4.69, 9.17) is 31.0 Å². The third kappa shape index (κ3) is 10.6. The summed E-state index contributed by atoms with van der Waals surface area (Å²) in [5.41, 5.74) is 1.90. The normalized spacial score (nSPS) is 23.8. The number of ether oxygens (including phenoxy) is 2. The van der Waals surface area contributed by atoms with Crippen LogP contribution in [0.2, 0.25) is 5.02 Å². The number of carbonyl (C=O) groups is 4. The second kappa shape index (κ2) is 18.8. The molecule has 0 bridgehead atoms. The largest absolute Gasteiger partial charge is 0.459 e. The van der Waals surface area contributed by atoms with Gasteiger partial charge in [-0.05, 0) is 90.1 Å². The smallest absolute Gasteiger partial charge is 0.408 e. The van der Waals surface area contributed by atoms with Gasteiger partial charge >= 0.3 is 16.3 Å². The molecule has 3 N–H and O–H groups in total. The molecule has 1 aliphatic carbocycles. The average molecular weight is 938 g/mol. The molecule has 2 aromatic carbocycles. The average Bonchev–Trinajstić information content (AvgIpc) is 3.53. The molecule has 3 aliphatic rings. The molecule has 2 aliphatic heterocycles. The summed E-state index contributed by atoms with van der Waals surface area (Å²) in [5, 5.41) is 9.13. The first kappa shape index (κ1) is 46.9. The first-order chi connectivity index (χ1) is 30.2. The van der Waals surface area contributed by atoms with E-state index in [1.807, 2.05) is 78.4 Å². The van der Waals surface area contributed by atoms with Crippen molar-refractivity contribution >= 4 is 68.0 Å². The number of nitrogens with zero attached hydrogens (tertiary/aromatic N) is 5. The summed E-state index contributed by atoms with van der Waals surface area (Å²) >= 11 is 7.63. The zero-order valence-corrected chi connectivity index (χ0v) is 39.6. The lowest BCUT2D eigenvalue weighted by atomic mass is 10.0. The molecular weight excluding hydrogens is 880 g/mol. The van der Waals surface area contributed by atoms with Crippen molar-refractivity contribution in [3.63, 3.8) is 0 Å². The number of benzene rings is 2. The van der Waals surface area contributed by atoms with Crippen molar-refractivity contribution in [2.75, 3.05) is 20.6 Å². The summed E-state index contributed by atoms with van der Waals surface area (Å²) in [5.74, 6) is -2.52. The van der Waals surface area contributed by atoms with E-state index < -0.39 is 69.3 Å². The minimum Gasteiger partial charge on any atom is -0.459 e. The minimum absolute atomic E-state index is 0.0135. The van der Waals surface area contributed by atoms with Crippen molar-refractivity contribution in [2.45, 2.75) is 121 Å². The van der Waals surface area contributed by atoms with E-state index in [1.54, 1.807) is 20.8 Å². The van der Waals surface area contributed by atoms with Crippen LogP contribution in [0, 0.1) is 5.92 Å². The number of carbonyl (C=O) groups excluding carboxylic acids is 4. The molecule has 0 radical (unpaired) electrons. The summed E-state index contributed by atoms with van der Waals surface area (Å²) in [4.78, 5) is 67.7. The van der Waals surface area contributed by atoms with Gasteiger partial charge in [0.25, 0.3) is 11.9 Å². The third-order valence-electron chi connectivity index (χ3n) is 11.6. The van der Waals surface area contributed by atoms with Crippen LogP contribution in [0.15, 0.2) is 60.0 Å². The Bertz CT molecular complexity index is 2530. The predicted octanol–water partition coefficient (Wildman–Crippen LogP) is 6.54. The van der Waals surface area contributed by atoms with Crippen molar-refractivity contribution in [1.29, 1.82) is 0 Å². The van der Waals surface area contributed by atoms with Gasteiger partial charge in [0.1, 0.15) is 39.9 Å². The van der Waals surface area contributed by atoms with Crippen LogP contribution in [-0.4, -0.2) is 106 Å². The molecule has 2 fully saturated rings. The van der Waals surface area contributed by atoms with Crippen molar-refractivity contribution in [3.8, 4) is 16.6 Å². The number of amides is 4. The van der Waals surface area contributed by atoms with Crippen LogP contribution in [0.3, 0.4) is 0 Å². The van der Waals surface area contributed by atoms with Crippen LogP contribution in [0.5, 0.6) is 6.01 Å². The maximum absolute atomic E-state index is 14.7. The molecule has 7 rings (SSSR count). The molecule has 5 atom stereocenters. The Balaban J connectivity index is 1.21. The Morgan fingerprint density at radius 2 is 1.83 bits per heavy atom. The number of para-hydroxylation sites is 1. The fourth-order valence-electron chi connectivity index (χ4n) is 8.24. The van der Waals surface area contributed by atoms with E-state index in [-0.39, 0.29) is 31.4 Å². The molecule has 16 nitrogen and oxygen atoms in total. The molecule has 0 unspecified atom stereocenters. The van der Waals surface area contributed by atoms with E-state index in [1.165, 1.54) is 30.3 Å². The van der Waals surface area contributed by atoms with E-state index in [2.05, 4.69) is 15.4 Å². The highest BCUT2D eigenvalue weighted by molar-refractivity contribution is 7.87. The van der Waals surface area contributed by atoms with Gasteiger partial charge < -0.3 is 25.0 Å². The number of fused-ring (bicyclic) bond motifs is 3. The first-order valence-electron chi connectivity index (χ1n) is 21.6. The number of allylic oxidation sites excluding steroid dienone is 1. The summed E-state index contributed by atoms with van der Waals surface area (Å²) in [7, 11) is -1.60. The molecule has 4 aromatic rings. The van der Waals surface area contributed by atoms with Gasteiger partial charge in [-0.15, -0.1) is 11.3 Å². The fraction of sp³-hybridized carbons (Fsp3) is 0.511. The quantitative estimate of drug-likeness (QED) is 0.147. The molecule has 1 saturated carbocycles. The Morgan fingerprint density at radius 3 is 2.53 bits per heavy atom. The van der Waals surface area contributed by atoms with Crippen molar-refractivity contribution < 1.29 is 37.1 Å². The summed E-state index contributed by atoms with van der Waals surface area (Å²) in [6.45, 7) is 9.16. The Hall–Kier alpha value is -5.04. The molecule has 0 spiro atoms. The predicted molar refractivity (Wildman–Crippen MR) is 245 cm³/mol. The fourth-order valence-corrected chi connectivity index (χ4v) is 9.81. The van der Waals surface area contributed by atoms with Crippen LogP contribution >= 0.6 is 22.9 Å². The maximum atomic E-state index is 14.7. The number of imidazole rings is 1. The molecule has 4 heterocycles. The molecular formula is C45H57ClN8O8S2. The van der Waals surface area contributed by atoms with E-state index >= 15 is 0 Å². The number of hydrogen-bond acceptors (Lipinski definition) is 11. The standard InChI is InChI=1S/C45H57ClN8O8S2/c1-27(2)54-35-17-13-15-33(39-47-31(26-63-39)22-28-18-20-30(46)21-19-28)37(35)49-42(54)61-32-23-36-38(55)50-45(41(57)51-64(59,60)52(6)7)24-29(45)14-11-9-8-10-12-16-34(40(56)53(36)25-32)48-43(58)62-44(3,4)5/h11,13-15,17-21,26-27,29,32,34,36H,8-10,12,16,22-25H2,1-7H3,(H,48,58)(H,50,55)(H,51,57)/b14-11-/t29-,32-,34+,36+,45-/m1/s1. The zero-order valence-electron chi connectivity index (χ0n) is 37.2. The van der Waals surface area contributed by atoms with Gasteiger partial charge in [0.05, 0.1) is 17.8 Å². The van der Waals surface area contributed by atoms with E-state index in [0.29, 0.717) is 36.2 Å². The highest BCUT2D eigenvalue weighted by Gasteiger charge is 2.62. The number of hydrogen-bond donors (Lipinski definition) is 3. The number of thiazole rings is 1. The van der Waals surface area contributed by atoms with Crippen molar-refractivity contribution in [3.05, 3.63) is 76.3 Å². The number of halogens is 1. The lowest BCUT2D eigenvalue weighted by Gasteiger charge is -2.30. The van der Waals surface area contributed by atoms with Crippen molar-refractivity contribution in [2.24, 2.45) is 5.92 Å². The Labute approximate surface area is 383 Å². The van der Waals surface area contributed by atoms with Crippen LogP contribution in [-0.2, 0) is 35.8 Å². The van der Waals surface area contributed by atoms with Gasteiger partial charge in [-0.2, -0.15) is 17.7 Å². The summed E-state index contributed by atoms with van der Waals surface area (Å²) in [6.07, 6.45) is 6.14. The topological polar surface area (TPSA) is 194 Å². The second-order valence-electron chi connectivity index (χ2n) is 18.2. The molecule has 64 heavy (non-hydrogen) atoms. The first-order valence-corrected chi connectivity index (χ1v) is 24.3.